The molecule has 0 unspecified atom stereocenters. The Labute approximate surface area is 162 Å². The van der Waals surface area contributed by atoms with E-state index in [0.29, 0.717) is 11.3 Å². The number of hydrogen-bond donors (Lipinski definition) is 1. The highest BCUT2D eigenvalue weighted by atomic mass is 32.2. The zero-order valence-electron chi connectivity index (χ0n) is 14.6. The molecular formula is C21H14N4O2S. The van der Waals surface area contributed by atoms with Crippen molar-refractivity contribution in [2.75, 3.05) is 4.72 Å². The number of aromatic nitrogens is 2. The lowest BCUT2D eigenvalue weighted by Gasteiger charge is -2.09. The van der Waals surface area contributed by atoms with Crippen LogP contribution in [0.25, 0.3) is 26.9 Å². The first-order valence-electron chi connectivity index (χ1n) is 8.38. The van der Waals surface area contributed by atoms with E-state index >= 15 is 0 Å². The van der Waals surface area contributed by atoms with Crippen LogP contribution in [0.5, 0.6) is 0 Å². The first kappa shape index (κ1) is 17.6. The minimum Gasteiger partial charge on any atom is -0.361 e. The maximum Gasteiger partial charge on any atom is 0.269 e. The smallest absolute Gasteiger partial charge is 0.269 e. The summed E-state index contributed by atoms with van der Waals surface area (Å²) in [4.78, 5) is 11.8. The number of anilines is 1. The van der Waals surface area contributed by atoms with E-state index in [-0.39, 0.29) is 10.7 Å². The lowest BCUT2D eigenvalue weighted by Crippen LogP contribution is -2.13. The molecule has 2 aromatic carbocycles. The van der Waals surface area contributed by atoms with Gasteiger partial charge in [0.25, 0.3) is 15.8 Å². The van der Waals surface area contributed by atoms with Gasteiger partial charge in [-0.2, -0.15) is 0 Å². The molecule has 4 rings (SSSR count). The number of rotatable bonds is 4. The van der Waals surface area contributed by atoms with Gasteiger partial charge in [0.2, 0.25) is 0 Å². The third kappa shape index (κ3) is 3.54. The van der Waals surface area contributed by atoms with Gasteiger partial charge >= 0.3 is 0 Å². The van der Waals surface area contributed by atoms with Crippen LogP contribution in [0.4, 0.5) is 11.6 Å². The van der Waals surface area contributed by atoms with Crippen LogP contribution in [0.2, 0.25) is 0 Å². The Morgan fingerprint density at radius 1 is 0.857 bits per heavy atom. The molecule has 2 heterocycles. The molecular weight excluding hydrogens is 372 g/mol. The van der Waals surface area contributed by atoms with Gasteiger partial charge in [-0.05, 0) is 42.0 Å². The Hall–Kier alpha value is -3.76. The van der Waals surface area contributed by atoms with Crippen LogP contribution < -0.4 is 4.72 Å². The number of nitrogens with zero attached hydrogens (tertiary/aromatic N) is 3. The first-order chi connectivity index (χ1) is 13.5. The molecule has 0 aliphatic rings. The summed E-state index contributed by atoms with van der Waals surface area (Å²) in [5.74, 6) is 0.580. The second kappa shape index (κ2) is 7.10. The van der Waals surface area contributed by atoms with Gasteiger partial charge in [-0.1, -0.05) is 43.0 Å². The molecule has 6 nitrogen and oxygen atoms in total. The Morgan fingerprint density at radius 3 is 2.32 bits per heavy atom. The third-order valence-corrected chi connectivity index (χ3v) is 5.57. The van der Waals surface area contributed by atoms with Crippen LogP contribution in [-0.4, -0.2) is 18.4 Å². The molecule has 0 atom stereocenters. The molecule has 7 heteroatoms. The highest BCUT2D eigenvalue weighted by Gasteiger charge is 2.15. The number of pyridine rings is 2. The van der Waals surface area contributed by atoms with Gasteiger partial charge in [0, 0.05) is 10.9 Å². The minimum absolute atomic E-state index is 0.136. The summed E-state index contributed by atoms with van der Waals surface area (Å²) in [5, 5.41) is 0.938. The molecule has 0 radical (unpaired) electrons. The Bertz CT molecular complexity index is 1290. The van der Waals surface area contributed by atoms with Crippen LogP contribution in [0.3, 0.4) is 0 Å². The summed E-state index contributed by atoms with van der Waals surface area (Å²) < 4.78 is 27.9. The van der Waals surface area contributed by atoms with E-state index < -0.39 is 10.0 Å². The summed E-state index contributed by atoms with van der Waals surface area (Å²) in [7, 11) is -3.76. The van der Waals surface area contributed by atoms with E-state index in [0.717, 1.165) is 16.5 Å². The van der Waals surface area contributed by atoms with Crippen molar-refractivity contribution in [2.24, 2.45) is 0 Å². The molecule has 28 heavy (non-hydrogen) atoms. The van der Waals surface area contributed by atoms with Crippen molar-refractivity contribution in [3.63, 3.8) is 0 Å². The molecule has 136 valence electrons. The summed E-state index contributed by atoms with van der Waals surface area (Å²) in [6, 6.07) is 20.8. The molecule has 0 spiro atoms. The molecule has 0 saturated heterocycles. The van der Waals surface area contributed by atoms with Gasteiger partial charge < -0.3 is 4.85 Å². The van der Waals surface area contributed by atoms with Crippen LogP contribution in [0.15, 0.2) is 83.9 Å². The lowest BCUT2D eigenvalue weighted by molar-refractivity contribution is 0.601. The second-order valence-corrected chi connectivity index (χ2v) is 7.72. The highest BCUT2D eigenvalue weighted by molar-refractivity contribution is 7.92. The zero-order chi connectivity index (χ0) is 19.6. The van der Waals surface area contributed by atoms with Crippen molar-refractivity contribution in [3.8, 4) is 11.1 Å². The fourth-order valence-corrected chi connectivity index (χ4v) is 3.77. The molecule has 1 N–H and O–H groups in total. The SMILES string of the molecule is [C-]#[N+]c1ccc(-c2ccc(S(=O)(=O)Nc3ccc4ccccc4n3)cc2)cn1. The molecule has 4 aromatic rings. The number of sulfonamides is 1. The average molecular weight is 386 g/mol. The second-order valence-electron chi connectivity index (χ2n) is 6.04. The van der Waals surface area contributed by atoms with E-state index in [1.807, 2.05) is 30.3 Å². The van der Waals surface area contributed by atoms with E-state index in [1.165, 1.54) is 12.1 Å². The summed E-state index contributed by atoms with van der Waals surface area (Å²) in [6.07, 6.45) is 1.59. The number of para-hydroxylation sites is 1. The Morgan fingerprint density at radius 2 is 1.61 bits per heavy atom. The van der Waals surface area contributed by atoms with Crippen molar-refractivity contribution in [3.05, 3.63) is 90.4 Å². The molecule has 0 aliphatic heterocycles. The fraction of sp³-hybridized carbons (Fsp3) is 0. The van der Waals surface area contributed by atoms with Gasteiger partial charge in [-0.15, -0.1) is 4.98 Å². The monoisotopic (exact) mass is 386 g/mol. The van der Waals surface area contributed by atoms with Gasteiger partial charge in [0.1, 0.15) is 12.0 Å². The van der Waals surface area contributed by atoms with Gasteiger partial charge in [-0.3, -0.25) is 4.72 Å². The molecule has 0 saturated carbocycles. The minimum atomic E-state index is -3.76. The number of fused-ring (bicyclic) bond motifs is 1. The van der Waals surface area contributed by atoms with Crippen molar-refractivity contribution < 1.29 is 8.42 Å². The quantitative estimate of drug-likeness (QED) is 0.518. The van der Waals surface area contributed by atoms with Crippen molar-refractivity contribution in [1.82, 2.24) is 9.97 Å². The zero-order valence-corrected chi connectivity index (χ0v) is 15.4. The Kier molecular flexibility index (Phi) is 4.47. The van der Waals surface area contributed by atoms with E-state index in [9.17, 15) is 8.42 Å². The predicted molar refractivity (Wildman–Crippen MR) is 108 cm³/mol. The molecule has 0 bridgehead atoms. The average Bonchev–Trinajstić information content (AvgIpc) is 2.73. The fourth-order valence-electron chi connectivity index (χ4n) is 2.77. The highest BCUT2D eigenvalue weighted by Crippen LogP contribution is 2.24. The summed E-state index contributed by atoms with van der Waals surface area (Å²) in [6.45, 7) is 6.94. The normalized spacial score (nSPS) is 11.1. The lowest BCUT2D eigenvalue weighted by atomic mass is 10.1. The van der Waals surface area contributed by atoms with Crippen molar-refractivity contribution in [1.29, 1.82) is 0 Å². The molecule has 2 aromatic heterocycles. The molecule has 0 amide bonds. The number of nitrogens with one attached hydrogen (secondary N) is 1. The Balaban J connectivity index is 1.58. The van der Waals surface area contributed by atoms with Gasteiger partial charge in [0.15, 0.2) is 0 Å². The van der Waals surface area contributed by atoms with Crippen LogP contribution in [0, 0.1) is 6.57 Å². The maximum absolute atomic E-state index is 12.7. The maximum atomic E-state index is 12.7. The van der Waals surface area contributed by atoms with Crippen molar-refractivity contribution >= 4 is 32.6 Å². The van der Waals surface area contributed by atoms with Crippen LogP contribution >= 0.6 is 0 Å². The summed E-state index contributed by atoms with van der Waals surface area (Å²) >= 11 is 0. The third-order valence-electron chi connectivity index (χ3n) is 4.20. The van der Waals surface area contributed by atoms with Gasteiger partial charge in [0.05, 0.1) is 10.4 Å². The molecule has 0 aliphatic carbocycles. The van der Waals surface area contributed by atoms with Gasteiger partial charge in [-0.25, -0.2) is 13.4 Å². The molecule has 0 fully saturated rings. The van der Waals surface area contributed by atoms with E-state index in [4.69, 9.17) is 6.57 Å². The van der Waals surface area contributed by atoms with Crippen LogP contribution in [-0.2, 0) is 10.0 Å². The predicted octanol–water partition coefficient (Wildman–Crippen LogP) is 4.65. The van der Waals surface area contributed by atoms with Crippen molar-refractivity contribution in [2.45, 2.75) is 4.90 Å². The largest absolute Gasteiger partial charge is 0.361 e. The van der Waals surface area contributed by atoms with Crippen LogP contribution in [0.1, 0.15) is 0 Å². The number of hydrogen-bond acceptors (Lipinski definition) is 4. The number of benzene rings is 2. The van der Waals surface area contributed by atoms with E-state index in [1.54, 1.807) is 36.5 Å². The first-order valence-corrected chi connectivity index (χ1v) is 9.86. The summed E-state index contributed by atoms with van der Waals surface area (Å²) in [5.41, 5.74) is 2.33. The standard InChI is InChI=1S/C21H14N4O2S/c1-22-20-12-9-17(14-23-20)15-6-10-18(11-7-15)28(26,27)25-21-13-8-16-4-2-3-5-19(16)24-21/h2-14H,(H,24,25). The van der Waals surface area contributed by atoms with E-state index in [2.05, 4.69) is 19.5 Å². The topological polar surface area (TPSA) is 76.3 Å².